The number of anilines is 2. The number of ether oxygens (including phenoxy) is 2. The molecule has 0 saturated carbocycles. The number of hydroxylamine groups is 2. The molecule has 1 amide bonds. The van der Waals surface area contributed by atoms with Crippen LogP contribution in [-0.4, -0.2) is 90.1 Å². The highest BCUT2D eigenvalue weighted by atomic mass is 17.3. The molecule has 2 aromatic carbocycles. The Morgan fingerprint density at radius 3 is 2.42 bits per heavy atom. The van der Waals surface area contributed by atoms with E-state index in [0.29, 0.717) is 19.2 Å². The van der Waals surface area contributed by atoms with E-state index in [0.717, 1.165) is 82.8 Å². The molecule has 0 N–H and O–H groups in total. The SMILES string of the molecule is COc1nc2c(c(N3CC4CCC(C3)N4C(=O)OC(C)(C)C)n1)CCN(c1cccc3cccc(CCCCOON4CCCC4)c13)C2. The second kappa shape index (κ2) is 14.1. The molecule has 3 saturated heterocycles. The molecule has 0 aliphatic carbocycles. The number of methoxy groups -OCH3 is 1. The van der Waals surface area contributed by atoms with E-state index in [4.69, 9.17) is 29.3 Å². The number of rotatable bonds is 10. The fraction of sp³-hybridized carbons (Fsp3) is 0.595. The lowest BCUT2D eigenvalue weighted by molar-refractivity contribution is -0.421. The Labute approximate surface area is 284 Å². The molecule has 258 valence electrons. The van der Waals surface area contributed by atoms with E-state index in [2.05, 4.69) is 46.2 Å². The maximum absolute atomic E-state index is 13.1. The van der Waals surface area contributed by atoms with E-state index in [1.54, 1.807) is 7.11 Å². The standard InChI is InChI=1S/C37H50N6O5/c1-37(2,3)47-36(44)43-28-16-17-29(43)24-41(23-28)34-30-18-21-40(25-31(30)38-35(39-34)45-4)32-15-10-14-27-13-9-12-26(33(27)32)11-5-8-22-46-48-42-19-6-7-20-42/h9-10,12-15,28-29H,5-8,11,16-25H2,1-4H3. The third-order valence-corrected chi connectivity index (χ3v) is 10.0. The van der Waals surface area contributed by atoms with Gasteiger partial charge in [-0.3, -0.25) is 4.90 Å². The molecule has 3 aromatic rings. The Hall–Kier alpha value is -3.67. The van der Waals surface area contributed by atoms with Crippen LogP contribution in [0.4, 0.5) is 16.3 Å². The highest BCUT2D eigenvalue weighted by Gasteiger charge is 2.45. The summed E-state index contributed by atoms with van der Waals surface area (Å²) in [4.78, 5) is 40.6. The summed E-state index contributed by atoms with van der Waals surface area (Å²) in [5.74, 6) is 0.951. The lowest BCUT2D eigenvalue weighted by atomic mass is 9.96. The number of hydrogen-bond donors (Lipinski definition) is 0. The van der Waals surface area contributed by atoms with Gasteiger partial charge in [0, 0.05) is 49.4 Å². The van der Waals surface area contributed by atoms with E-state index in [-0.39, 0.29) is 18.2 Å². The highest BCUT2D eigenvalue weighted by Crippen LogP contribution is 2.39. The molecule has 2 bridgehead atoms. The zero-order chi connectivity index (χ0) is 33.3. The lowest BCUT2D eigenvalue weighted by Crippen LogP contribution is -2.57. The van der Waals surface area contributed by atoms with E-state index in [1.165, 1.54) is 40.4 Å². The molecule has 7 rings (SSSR count). The Morgan fingerprint density at radius 2 is 1.69 bits per heavy atom. The molecule has 5 heterocycles. The van der Waals surface area contributed by atoms with Crippen LogP contribution >= 0.6 is 0 Å². The minimum atomic E-state index is -0.513. The minimum absolute atomic E-state index is 0.105. The van der Waals surface area contributed by atoms with Gasteiger partial charge in [0.05, 0.1) is 38.0 Å². The summed E-state index contributed by atoms with van der Waals surface area (Å²) >= 11 is 0. The summed E-state index contributed by atoms with van der Waals surface area (Å²) in [6.45, 7) is 11.3. The lowest BCUT2D eigenvalue weighted by Gasteiger charge is -2.43. The van der Waals surface area contributed by atoms with Crippen LogP contribution in [0.15, 0.2) is 36.4 Å². The molecule has 3 fully saturated rings. The van der Waals surface area contributed by atoms with Gasteiger partial charge in [0.15, 0.2) is 0 Å². The molecule has 1 aromatic heterocycles. The number of fused-ring (bicyclic) bond motifs is 4. The Balaban J connectivity index is 1.07. The van der Waals surface area contributed by atoms with Crippen molar-refractivity contribution < 1.29 is 24.1 Å². The first-order valence-corrected chi connectivity index (χ1v) is 17.8. The van der Waals surface area contributed by atoms with Crippen LogP contribution in [0.5, 0.6) is 6.01 Å². The van der Waals surface area contributed by atoms with Crippen LogP contribution in [0.1, 0.15) is 76.1 Å². The number of piperazine rings is 1. The van der Waals surface area contributed by atoms with Gasteiger partial charge in [-0.1, -0.05) is 30.3 Å². The van der Waals surface area contributed by atoms with Gasteiger partial charge >= 0.3 is 12.1 Å². The highest BCUT2D eigenvalue weighted by molar-refractivity contribution is 5.97. The average molecular weight is 659 g/mol. The fourth-order valence-corrected chi connectivity index (χ4v) is 7.86. The number of benzene rings is 2. The zero-order valence-corrected chi connectivity index (χ0v) is 28.9. The van der Waals surface area contributed by atoms with Gasteiger partial charge < -0.3 is 19.3 Å². The van der Waals surface area contributed by atoms with Gasteiger partial charge in [-0.05, 0) is 89.2 Å². The summed E-state index contributed by atoms with van der Waals surface area (Å²) in [6.07, 6.45) is 7.86. The first kappa shape index (κ1) is 32.9. The topological polar surface area (TPSA) is 92.7 Å². The van der Waals surface area contributed by atoms with Crippen molar-refractivity contribution >= 4 is 28.4 Å². The van der Waals surface area contributed by atoms with Crippen molar-refractivity contribution in [3.05, 3.63) is 53.2 Å². The Morgan fingerprint density at radius 1 is 0.938 bits per heavy atom. The summed E-state index contributed by atoms with van der Waals surface area (Å²) in [7, 11) is 1.64. The molecule has 4 aliphatic heterocycles. The largest absolute Gasteiger partial charge is 0.467 e. The molecular formula is C37H50N6O5. The first-order chi connectivity index (χ1) is 23.3. The number of unbranched alkanes of at least 4 members (excludes halogenated alkanes) is 1. The summed E-state index contributed by atoms with van der Waals surface area (Å²) < 4.78 is 11.4. The minimum Gasteiger partial charge on any atom is -0.467 e. The van der Waals surface area contributed by atoms with Crippen molar-refractivity contribution in [2.45, 2.75) is 96.4 Å². The number of carbonyl (C=O) groups excluding carboxylic acids is 1. The van der Waals surface area contributed by atoms with E-state index >= 15 is 0 Å². The van der Waals surface area contributed by atoms with Gasteiger partial charge in [-0.15, -0.1) is 4.99 Å². The maximum Gasteiger partial charge on any atom is 0.410 e. The van der Waals surface area contributed by atoms with Crippen LogP contribution < -0.4 is 14.5 Å². The van der Waals surface area contributed by atoms with Gasteiger partial charge in [-0.25, -0.2) is 9.68 Å². The molecular weight excluding hydrogens is 608 g/mol. The molecule has 2 atom stereocenters. The predicted octanol–water partition coefficient (Wildman–Crippen LogP) is 6.07. The molecule has 0 radical (unpaired) electrons. The maximum atomic E-state index is 13.1. The van der Waals surface area contributed by atoms with Crippen LogP contribution in [0.25, 0.3) is 10.8 Å². The van der Waals surface area contributed by atoms with E-state index in [1.807, 2.05) is 30.7 Å². The van der Waals surface area contributed by atoms with Crippen LogP contribution in [0.3, 0.4) is 0 Å². The van der Waals surface area contributed by atoms with E-state index in [9.17, 15) is 4.79 Å². The van der Waals surface area contributed by atoms with Crippen LogP contribution in [0.2, 0.25) is 0 Å². The van der Waals surface area contributed by atoms with E-state index < -0.39 is 5.60 Å². The van der Waals surface area contributed by atoms with Gasteiger partial charge in [0.1, 0.15) is 11.4 Å². The smallest absolute Gasteiger partial charge is 0.410 e. The third-order valence-electron chi connectivity index (χ3n) is 10.0. The number of aryl methyl sites for hydroxylation is 1. The van der Waals surface area contributed by atoms with Crippen LogP contribution in [-0.2, 0) is 34.0 Å². The Kier molecular flexibility index (Phi) is 9.62. The normalized spacial score (nSPS) is 21.2. The number of nitrogens with zero attached hydrogens (tertiary/aromatic N) is 6. The van der Waals surface area contributed by atoms with Gasteiger partial charge in [0.25, 0.3) is 0 Å². The second-order valence-electron chi connectivity index (χ2n) is 14.6. The zero-order valence-electron chi connectivity index (χ0n) is 28.9. The van der Waals surface area contributed by atoms with Crippen molar-refractivity contribution in [3.8, 4) is 6.01 Å². The first-order valence-electron chi connectivity index (χ1n) is 17.8. The number of hydrogen-bond acceptors (Lipinski definition) is 10. The van der Waals surface area contributed by atoms with Gasteiger partial charge in [0.2, 0.25) is 0 Å². The monoisotopic (exact) mass is 658 g/mol. The van der Waals surface area contributed by atoms with Crippen molar-refractivity contribution in [1.29, 1.82) is 0 Å². The average Bonchev–Trinajstić information content (AvgIpc) is 3.69. The summed E-state index contributed by atoms with van der Waals surface area (Å²) in [5, 5.41) is 4.48. The van der Waals surface area contributed by atoms with Gasteiger partial charge in [-0.2, -0.15) is 15.0 Å². The van der Waals surface area contributed by atoms with Crippen molar-refractivity contribution in [1.82, 2.24) is 19.9 Å². The van der Waals surface area contributed by atoms with Crippen molar-refractivity contribution in [2.75, 3.05) is 56.2 Å². The molecule has 0 spiro atoms. The summed E-state index contributed by atoms with van der Waals surface area (Å²) in [6, 6.07) is 13.9. The molecule has 11 heteroatoms. The molecule has 2 unspecified atom stereocenters. The van der Waals surface area contributed by atoms with Crippen molar-refractivity contribution in [3.63, 3.8) is 0 Å². The predicted molar refractivity (Wildman–Crippen MR) is 185 cm³/mol. The number of amides is 1. The molecule has 4 aliphatic rings. The second-order valence-corrected chi connectivity index (χ2v) is 14.6. The molecule has 11 nitrogen and oxygen atoms in total. The summed E-state index contributed by atoms with van der Waals surface area (Å²) in [5.41, 5.74) is 4.28. The molecule has 48 heavy (non-hydrogen) atoms. The third kappa shape index (κ3) is 7.04. The van der Waals surface area contributed by atoms with Crippen molar-refractivity contribution in [2.24, 2.45) is 0 Å². The number of aromatic nitrogens is 2. The Bertz CT molecular complexity index is 1590. The fourth-order valence-electron chi connectivity index (χ4n) is 7.86. The quantitative estimate of drug-likeness (QED) is 0.145. The van der Waals surface area contributed by atoms with Crippen LogP contribution in [0, 0.1) is 0 Å². The number of carbonyl (C=O) groups is 1.